The molecule has 1 aromatic rings. The Labute approximate surface area is 103 Å². The summed E-state index contributed by atoms with van der Waals surface area (Å²) >= 11 is 1.88. The summed E-state index contributed by atoms with van der Waals surface area (Å²) in [5.41, 5.74) is 0. The highest BCUT2D eigenvalue weighted by Gasteiger charge is 2.28. The first-order valence-corrected chi connectivity index (χ1v) is 7.04. The van der Waals surface area contributed by atoms with Gasteiger partial charge in [-0.2, -0.15) is 0 Å². The fourth-order valence-corrected chi connectivity index (χ4v) is 3.72. The van der Waals surface area contributed by atoms with Crippen molar-refractivity contribution >= 4 is 11.3 Å². The summed E-state index contributed by atoms with van der Waals surface area (Å²) in [4.78, 5) is 4.07. The zero-order valence-corrected chi connectivity index (χ0v) is 11.3. The molecule has 1 aliphatic rings. The molecule has 16 heavy (non-hydrogen) atoms. The molecule has 0 radical (unpaired) electrons. The van der Waals surface area contributed by atoms with Crippen molar-refractivity contribution in [2.24, 2.45) is 5.92 Å². The fraction of sp³-hybridized carbons (Fsp3) is 0.692. The highest BCUT2D eigenvalue weighted by molar-refractivity contribution is 7.10. The Morgan fingerprint density at radius 1 is 1.50 bits per heavy atom. The first-order valence-electron chi connectivity index (χ1n) is 6.16. The highest BCUT2D eigenvalue weighted by Crippen LogP contribution is 2.32. The van der Waals surface area contributed by atoms with Crippen LogP contribution in [-0.4, -0.2) is 31.1 Å². The Balaban J connectivity index is 2.12. The lowest BCUT2D eigenvalue weighted by Crippen LogP contribution is -2.38. The summed E-state index contributed by atoms with van der Waals surface area (Å²) in [5, 5.41) is 5.64. The minimum Gasteiger partial charge on any atom is -0.315 e. The summed E-state index contributed by atoms with van der Waals surface area (Å²) in [7, 11) is 2.28. The van der Waals surface area contributed by atoms with E-state index in [0.717, 1.165) is 6.54 Å². The maximum absolute atomic E-state index is 3.45. The highest BCUT2D eigenvalue weighted by atomic mass is 32.1. The van der Waals surface area contributed by atoms with Gasteiger partial charge in [-0.15, -0.1) is 11.3 Å². The Morgan fingerprint density at radius 2 is 2.31 bits per heavy atom. The van der Waals surface area contributed by atoms with Gasteiger partial charge in [0.1, 0.15) is 0 Å². The molecule has 0 amide bonds. The number of thiophene rings is 1. The third kappa shape index (κ3) is 2.47. The van der Waals surface area contributed by atoms with Gasteiger partial charge in [-0.1, -0.05) is 19.9 Å². The third-order valence-corrected chi connectivity index (χ3v) is 4.46. The van der Waals surface area contributed by atoms with Gasteiger partial charge in [-0.3, -0.25) is 4.90 Å². The molecule has 2 heterocycles. The van der Waals surface area contributed by atoms with Crippen LogP contribution in [0.25, 0.3) is 0 Å². The van der Waals surface area contributed by atoms with E-state index in [2.05, 4.69) is 48.6 Å². The van der Waals surface area contributed by atoms with Crippen LogP contribution in [0.5, 0.6) is 0 Å². The van der Waals surface area contributed by atoms with Crippen molar-refractivity contribution in [3.05, 3.63) is 22.4 Å². The van der Waals surface area contributed by atoms with Gasteiger partial charge < -0.3 is 5.32 Å². The predicted octanol–water partition coefficient (Wildman–Crippen LogP) is 2.74. The van der Waals surface area contributed by atoms with Crippen LogP contribution in [0.1, 0.15) is 31.2 Å². The molecule has 0 aromatic carbocycles. The van der Waals surface area contributed by atoms with Crippen molar-refractivity contribution in [3.8, 4) is 0 Å². The molecule has 0 aliphatic carbocycles. The molecule has 2 nitrogen and oxygen atoms in total. The topological polar surface area (TPSA) is 15.3 Å². The first kappa shape index (κ1) is 12.1. The van der Waals surface area contributed by atoms with Gasteiger partial charge in [0.25, 0.3) is 0 Å². The number of hydrogen-bond donors (Lipinski definition) is 1. The van der Waals surface area contributed by atoms with Crippen molar-refractivity contribution in [2.75, 3.05) is 20.1 Å². The SMILES string of the molecule is CC(C)C(c1cccs1)N(C)C1CCNC1. The summed E-state index contributed by atoms with van der Waals surface area (Å²) in [6, 6.07) is 5.71. The second-order valence-electron chi connectivity index (χ2n) is 5.02. The molecule has 2 atom stereocenters. The van der Waals surface area contributed by atoms with E-state index < -0.39 is 0 Å². The summed E-state index contributed by atoms with van der Waals surface area (Å²) in [5.74, 6) is 0.671. The average molecular weight is 238 g/mol. The lowest BCUT2D eigenvalue weighted by molar-refractivity contribution is 0.147. The zero-order chi connectivity index (χ0) is 11.5. The quantitative estimate of drug-likeness (QED) is 0.867. The number of rotatable bonds is 4. The van der Waals surface area contributed by atoms with Gasteiger partial charge >= 0.3 is 0 Å². The van der Waals surface area contributed by atoms with Crippen molar-refractivity contribution in [3.63, 3.8) is 0 Å². The maximum Gasteiger partial charge on any atom is 0.0464 e. The lowest BCUT2D eigenvalue weighted by Gasteiger charge is -2.34. The smallest absolute Gasteiger partial charge is 0.0464 e. The molecule has 2 rings (SSSR count). The Bertz CT molecular complexity index is 302. The van der Waals surface area contributed by atoms with Crippen LogP contribution >= 0.6 is 11.3 Å². The van der Waals surface area contributed by atoms with Gasteiger partial charge in [-0.05, 0) is 37.4 Å². The fourth-order valence-electron chi connectivity index (χ4n) is 2.67. The minimum absolute atomic E-state index is 0.574. The van der Waals surface area contributed by atoms with Crippen LogP contribution in [-0.2, 0) is 0 Å². The van der Waals surface area contributed by atoms with Crippen LogP contribution in [0.2, 0.25) is 0 Å². The second kappa shape index (κ2) is 5.30. The number of hydrogen-bond acceptors (Lipinski definition) is 3. The molecule has 90 valence electrons. The third-order valence-electron chi connectivity index (χ3n) is 3.52. The maximum atomic E-state index is 3.45. The standard InChI is InChI=1S/C13H22N2S/c1-10(2)13(12-5-4-8-16-12)15(3)11-6-7-14-9-11/h4-5,8,10-11,13-14H,6-7,9H2,1-3H3. The first-order chi connectivity index (χ1) is 7.70. The molecular weight excluding hydrogens is 216 g/mol. The molecule has 1 aliphatic heterocycles. The van der Waals surface area contributed by atoms with Crippen molar-refractivity contribution in [1.29, 1.82) is 0 Å². The monoisotopic (exact) mass is 238 g/mol. The summed E-state index contributed by atoms with van der Waals surface area (Å²) < 4.78 is 0. The zero-order valence-electron chi connectivity index (χ0n) is 10.4. The predicted molar refractivity (Wildman–Crippen MR) is 70.9 cm³/mol. The van der Waals surface area contributed by atoms with E-state index in [4.69, 9.17) is 0 Å². The molecule has 0 saturated carbocycles. The van der Waals surface area contributed by atoms with Crippen LogP contribution in [0, 0.1) is 5.92 Å². The number of nitrogens with zero attached hydrogens (tertiary/aromatic N) is 1. The molecule has 0 spiro atoms. The van der Waals surface area contributed by atoms with E-state index in [-0.39, 0.29) is 0 Å². The van der Waals surface area contributed by atoms with Crippen molar-refractivity contribution in [1.82, 2.24) is 10.2 Å². The summed E-state index contributed by atoms with van der Waals surface area (Å²) in [6.45, 7) is 6.96. The lowest BCUT2D eigenvalue weighted by atomic mass is 9.99. The average Bonchev–Trinajstić information content (AvgIpc) is 2.89. The van der Waals surface area contributed by atoms with E-state index in [0.29, 0.717) is 18.0 Å². The number of nitrogens with one attached hydrogen (secondary N) is 1. The van der Waals surface area contributed by atoms with E-state index in [9.17, 15) is 0 Å². The van der Waals surface area contributed by atoms with E-state index in [1.54, 1.807) is 0 Å². The molecule has 0 bridgehead atoms. The van der Waals surface area contributed by atoms with E-state index >= 15 is 0 Å². The Kier molecular flexibility index (Phi) is 4.00. The molecule has 2 unspecified atom stereocenters. The van der Waals surface area contributed by atoms with E-state index in [1.165, 1.54) is 17.8 Å². The summed E-state index contributed by atoms with van der Waals surface area (Å²) in [6.07, 6.45) is 1.28. The van der Waals surface area contributed by atoms with E-state index in [1.807, 2.05) is 11.3 Å². The van der Waals surface area contributed by atoms with Crippen LogP contribution in [0.15, 0.2) is 17.5 Å². The molecule has 1 aromatic heterocycles. The van der Waals surface area contributed by atoms with Crippen LogP contribution < -0.4 is 5.32 Å². The molecule has 3 heteroatoms. The van der Waals surface area contributed by atoms with Crippen LogP contribution in [0.3, 0.4) is 0 Å². The number of likely N-dealkylation sites (N-methyl/N-ethyl adjacent to an activating group) is 1. The minimum atomic E-state index is 0.574. The normalized spacial score (nSPS) is 23.2. The largest absolute Gasteiger partial charge is 0.315 e. The Morgan fingerprint density at radius 3 is 2.81 bits per heavy atom. The Hall–Kier alpha value is -0.380. The van der Waals surface area contributed by atoms with Gasteiger partial charge in [0.2, 0.25) is 0 Å². The second-order valence-corrected chi connectivity index (χ2v) is 6.00. The van der Waals surface area contributed by atoms with Gasteiger partial charge in [0.15, 0.2) is 0 Å². The molecule has 1 N–H and O–H groups in total. The van der Waals surface area contributed by atoms with Gasteiger partial charge in [0, 0.05) is 23.5 Å². The van der Waals surface area contributed by atoms with Crippen LogP contribution in [0.4, 0.5) is 0 Å². The van der Waals surface area contributed by atoms with Gasteiger partial charge in [-0.25, -0.2) is 0 Å². The molecular formula is C13H22N2S. The van der Waals surface area contributed by atoms with Crippen molar-refractivity contribution in [2.45, 2.75) is 32.4 Å². The molecule has 1 saturated heterocycles. The van der Waals surface area contributed by atoms with Gasteiger partial charge in [0.05, 0.1) is 0 Å². The molecule has 1 fully saturated rings. The van der Waals surface area contributed by atoms with Crippen molar-refractivity contribution < 1.29 is 0 Å².